The summed E-state index contributed by atoms with van der Waals surface area (Å²) in [6, 6.07) is 3.07. The van der Waals surface area contributed by atoms with Gasteiger partial charge in [-0.3, -0.25) is 0 Å². The second kappa shape index (κ2) is 4.20. The highest BCUT2D eigenvalue weighted by Crippen LogP contribution is 2.22. The minimum absolute atomic E-state index is 0.160. The third-order valence-electron chi connectivity index (χ3n) is 1.28. The third-order valence-corrected chi connectivity index (χ3v) is 1.28. The van der Waals surface area contributed by atoms with Gasteiger partial charge in [0, 0.05) is 0 Å². The zero-order valence-electron chi connectivity index (χ0n) is 6.84. The molecule has 5 heteroatoms. The van der Waals surface area contributed by atoms with Crippen molar-refractivity contribution < 1.29 is 9.66 Å². The Kier molecular flexibility index (Phi) is 2.97. The predicted octanol–water partition coefficient (Wildman–Crippen LogP) is 1.55. The van der Waals surface area contributed by atoms with Gasteiger partial charge in [0.1, 0.15) is 12.8 Å². The Bertz CT molecular complexity index is 325. The molecular formula is C8H8N2O3. The fourth-order valence-corrected chi connectivity index (χ4v) is 0.781. The second-order valence-electron chi connectivity index (χ2n) is 2.18. The first-order valence-electron chi connectivity index (χ1n) is 3.59. The van der Waals surface area contributed by atoms with Gasteiger partial charge in [-0.05, 0) is 22.0 Å². The van der Waals surface area contributed by atoms with Crippen molar-refractivity contribution in [2.45, 2.75) is 0 Å². The van der Waals surface area contributed by atoms with Crippen molar-refractivity contribution in [3.8, 4) is 5.75 Å². The fourth-order valence-electron chi connectivity index (χ4n) is 0.781. The molecular weight excluding hydrogens is 172 g/mol. The Hall–Kier alpha value is -1.91. The molecule has 0 aliphatic heterocycles. The molecule has 0 aromatic carbocycles. The number of hydrogen-bond donors (Lipinski definition) is 0. The molecule has 0 amide bonds. The van der Waals surface area contributed by atoms with Crippen molar-refractivity contribution in [1.82, 2.24) is 4.98 Å². The number of rotatable bonds is 4. The summed E-state index contributed by atoms with van der Waals surface area (Å²) in [5.74, 6) is -0.114. The van der Waals surface area contributed by atoms with E-state index in [1.807, 2.05) is 0 Å². The zero-order chi connectivity index (χ0) is 9.68. The minimum Gasteiger partial charge on any atom is -0.481 e. The zero-order valence-corrected chi connectivity index (χ0v) is 6.84. The quantitative estimate of drug-likeness (QED) is 0.400. The van der Waals surface area contributed by atoms with Gasteiger partial charge in [0.15, 0.2) is 0 Å². The summed E-state index contributed by atoms with van der Waals surface area (Å²) >= 11 is 0. The van der Waals surface area contributed by atoms with E-state index in [2.05, 4.69) is 11.6 Å². The molecule has 0 radical (unpaired) electrons. The van der Waals surface area contributed by atoms with Crippen LogP contribution in [0.1, 0.15) is 0 Å². The summed E-state index contributed by atoms with van der Waals surface area (Å²) < 4.78 is 5.03. The van der Waals surface area contributed by atoms with Crippen LogP contribution < -0.4 is 4.74 Å². The van der Waals surface area contributed by atoms with E-state index in [0.717, 1.165) is 0 Å². The van der Waals surface area contributed by atoms with Crippen molar-refractivity contribution in [2.75, 3.05) is 6.61 Å². The highest BCUT2D eigenvalue weighted by molar-refractivity contribution is 5.38. The summed E-state index contributed by atoms with van der Waals surface area (Å²) in [4.78, 5) is 13.4. The van der Waals surface area contributed by atoms with E-state index in [0.29, 0.717) is 0 Å². The predicted molar refractivity (Wildman–Crippen MR) is 46.6 cm³/mol. The number of hydrogen-bond acceptors (Lipinski definition) is 4. The van der Waals surface area contributed by atoms with Crippen molar-refractivity contribution in [1.29, 1.82) is 0 Å². The van der Waals surface area contributed by atoms with Gasteiger partial charge in [-0.2, -0.15) is 0 Å². The van der Waals surface area contributed by atoms with Crippen molar-refractivity contribution >= 4 is 5.82 Å². The molecule has 13 heavy (non-hydrogen) atoms. The summed E-state index contributed by atoms with van der Waals surface area (Å²) in [5.41, 5.74) is 0. The standard InChI is InChI=1S/C8H8N2O3/c1-2-6-13-7-4-3-5-9-8(7)10(11)12/h2-5H,1,6H2. The molecule has 5 nitrogen and oxygen atoms in total. The SMILES string of the molecule is C=CCOc1cccnc1[N+](=O)[O-]. The van der Waals surface area contributed by atoms with Crippen LogP contribution in [-0.2, 0) is 0 Å². The lowest BCUT2D eigenvalue weighted by atomic mass is 10.4. The highest BCUT2D eigenvalue weighted by atomic mass is 16.6. The lowest BCUT2D eigenvalue weighted by Gasteiger charge is -2.01. The van der Waals surface area contributed by atoms with Crippen LogP contribution in [0.2, 0.25) is 0 Å². The molecule has 0 unspecified atom stereocenters. The largest absolute Gasteiger partial charge is 0.481 e. The van der Waals surface area contributed by atoms with Gasteiger partial charge in [0.25, 0.3) is 0 Å². The number of nitrogens with zero attached hydrogens (tertiary/aromatic N) is 2. The van der Waals surface area contributed by atoms with Crippen LogP contribution in [0.5, 0.6) is 5.75 Å². The number of aromatic nitrogens is 1. The first-order valence-corrected chi connectivity index (χ1v) is 3.59. The van der Waals surface area contributed by atoms with Crippen molar-refractivity contribution in [3.05, 3.63) is 41.1 Å². The molecule has 1 aromatic rings. The van der Waals surface area contributed by atoms with Crippen LogP contribution in [0.3, 0.4) is 0 Å². The average Bonchev–Trinajstić information content (AvgIpc) is 2.15. The van der Waals surface area contributed by atoms with E-state index in [1.165, 1.54) is 18.3 Å². The van der Waals surface area contributed by atoms with Crippen LogP contribution in [0.15, 0.2) is 31.0 Å². The molecule has 0 bridgehead atoms. The Labute approximate surface area is 74.8 Å². The maximum atomic E-state index is 10.4. The first-order chi connectivity index (χ1) is 6.25. The highest BCUT2D eigenvalue weighted by Gasteiger charge is 2.14. The number of pyridine rings is 1. The summed E-state index contributed by atoms with van der Waals surface area (Å²) in [6.07, 6.45) is 2.86. The summed E-state index contributed by atoms with van der Waals surface area (Å²) in [5, 5.41) is 10.4. The monoisotopic (exact) mass is 180 g/mol. The van der Waals surface area contributed by atoms with Gasteiger partial charge in [-0.25, -0.2) is 0 Å². The Balaban J connectivity index is 2.90. The molecule has 68 valence electrons. The lowest BCUT2D eigenvalue weighted by Crippen LogP contribution is -1.99. The molecule has 1 heterocycles. The first kappa shape index (κ1) is 9.18. The topological polar surface area (TPSA) is 65.3 Å². The Morgan fingerprint density at radius 3 is 3.15 bits per heavy atom. The minimum atomic E-state index is -0.585. The van der Waals surface area contributed by atoms with Gasteiger partial charge in [0.2, 0.25) is 5.75 Å². The van der Waals surface area contributed by atoms with E-state index in [1.54, 1.807) is 6.07 Å². The average molecular weight is 180 g/mol. The van der Waals surface area contributed by atoms with Gasteiger partial charge in [0.05, 0.1) is 0 Å². The Morgan fingerprint density at radius 2 is 2.54 bits per heavy atom. The van der Waals surface area contributed by atoms with Crippen LogP contribution in [0.25, 0.3) is 0 Å². The van der Waals surface area contributed by atoms with Gasteiger partial charge in [-0.15, -0.1) is 0 Å². The molecule has 0 fully saturated rings. The summed E-state index contributed by atoms with van der Waals surface area (Å²) in [6.45, 7) is 3.66. The molecule has 1 rings (SSSR count). The third kappa shape index (κ3) is 2.26. The van der Waals surface area contributed by atoms with Crippen molar-refractivity contribution in [3.63, 3.8) is 0 Å². The van der Waals surface area contributed by atoms with Gasteiger partial charge >= 0.3 is 5.82 Å². The van der Waals surface area contributed by atoms with E-state index in [-0.39, 0.29) is 18.2 Å². The smallest absolute Gasteiger partial charge is 0.406 e. The molecule has 0 atom stereocenters. The van der Waals surface area contributed by atoms with E-state index < -0.39 is 4.92 Å². The maximum Gasteiger partial charge on any atom is 0.406 e. The fraction of sp³-hybridized carbons (Fsp3) is 0.125. The molecule has 0 saturated carbocycles. The normalized spacial score (nSPS) is 9.23. The number of ether oxygens (including phenoxy) is 1. The number of nitro groups is 1. The second-order valence-corrected chi connectivity index (χ2v) is 2.18. The molecule has 0 aliphatic carbocycles. The summed E-state index contributed by atoms with van der Waals surface area (Å²) in [7, 11) is 0. The van der Waals surface area contributed by atoms with Crippen molar-refractivity contribution in [2.24, 2.45) is 0 Å². The van der Waals surface area contributed by atoms with Crippen LogP contribution in [-0.4, -0.2) is 16.5 Å². The lowest BCUT2D eigenvalue weighted by molar-refractivity contribution is -0.390. The maximum absolute atomic E-state index is 10.4. The van der Waals surface area contributed by atoms with Gasteiger partial charge < -0.3 is 14.9 Å². The van der Waals surface area contributed by atoms with Crippen LogP contribution in [0, 0.1) is 10.1 Å². The molecule has 0 N–H and O–H groups in total. The van der Waals surface area contributed by atoms with E-state index in [9.17, 15) is 10.1 Å². The van der Waals surface area contributed by atoms with Crippen LogP contribution in [0.4, 0.5) is 5.82 Å². The Morgan fingerprint density at radius 1 is 1.77 bits per heavy atom. The molecule has 0 aliphatic rings. The van der Waals surface area contributed by atoms with E-state index >= 15 is 0 Å². The van der Waals surface area contributed by atoms with E-state index in [4.69, 9.17) is 4.74 Å². The molecule has 1 aromatic heterocycles. The van der Waals surface area contributed by atoms with Crippen LogP contribution >= 0.6 is 0 Å². The van der Waals surface area contributed by atoms with Gasteiger partial charge in [-0.1, -0.05) is 12.7 Å². The molecule has 0 saturated heterocycles. The molecule has 0 spiro atoms.